The predicted octanol–water partition coefficient (Wildman–Crippen LogP) is 14.4. The summed E-state index contributed by atoms with van der Waals surface area (Å²) in [6.07, 6.45) is 5.01. The highest BCUT2D eigenvalue weighted by atomic mass is 16.5. The topological polar surface area (TPSA) is 77.5 Å². The predicted molar refractivity (Wildman–Crippen MR) is 293 cm³/mol. The van der Waals surface area contributed by atoms with Crippen LogP contribution in [0.4, 0.5) is 11.4 Å². The average Bonchev–Trinajstić information content (AvgIpc) is 3.40. The first-order valence-electron chi connectivity index (χ1n) is 25.8. The van der Waals surface area contributed by atoms with E-state index in [-0.39, 0.29) is 11.8 Å². The standard InChI is InChI=1S/C64H66N2O6/c1-7-31-69-59-45-23-15-24-46(59)36-50-40-54(64(68)66(6)58-30-18-22-44-20-12-14-28-56(44)58)42-52(62(50)72-34-10-4)38-48-26-16-25-47(60(48)70-32-8-2)37-51-41-53(39-49(35-45)61(51)71-33-9-3)63(67)65(5)57-29-17-21-43-19-11-13-27-55(43)57/h11-30,39-42H,7-10,31-38H2,1-6H3. The van der Waals surface area contributed by atoms with E-state index in [1.807, 2.05) is 86.9 Å². The second-order valence-corrected chi connectivity index (χ2v) is 18.9. The summed E-state index contributed by atoms with van der Waals surface area (Å²) in [5, 5.41) is 4.15. The molecule has 0 fully saturated rings. The van der Waals surface area contributed by atoms with E-state index in [1.54, 1.807) is 9.80 Å². The first kappa shape index (κ1) is 49.4. The van der Waals surface area contributed by atoms with Crippen LogP contribution >= 0.6 is 0 Å². The molecule has 0 N–H and O–H groups in total. The van der Waals surface area contributed by atoms with Crippen LogP contribution < -0.4 is 28.7 Å². The number of benzene rings is 8. The molecule has 0 heterocycles. The van der Waals surface area contributed by atoms with Crippen molar-refractivity contribution in [2.75, 3.05) is 50.3 Å². The number of carbonyl (C=O) groups is 2. The summed E-state index contributed by atoms with van der Waals surface area (Å²) < 4.78 is 27.3. The van der Waals surface area contributed by atoms with Gasteiger partial charge in [0.2, 0.25) is 0 Å². The quantitative estimate of drug-likeness (QED) is 0.0960. The summed E-state index contributed by atoms with van der Waals surface area (Å²) >= 11 is 0. The number of anilines is 2. The van der Waals surface area contributed by atoms with Crippen molar-refractivity contribution < 1.29 is 28.5 Å². The van der Waals surface area contributed by atoms with E-state index < -0.39 is 0 Å². The molecule has 0 unspecified atom stereocenters. The minimum atomic E-state index is -0.118. The van der Waals surface area contributed by atoms with Crippen molar-refractivity contribution in [3.05, 3.63) is 201 Å². The first-order chi connectivity index (χ1) is 35.2. The highest BCUT2D eigenvalue weighted by molar-refractivity contribution is 6.12. The third kappa shape index (κ3) is 10.4. The van der Waals surface area contributed by atoms with Gasteiger partial charge < -0.3 is 28.7 Å². The van der Waals surface area contributed by atoms with E-state index in [0.717, 1.165) is 126 Å². The molecule has 8 nitrogen and oxygen atoms in total. The number of amides is 2. The summed E-state index contributed by atoms with van der Waals surface area (Å²) in [4.78, 5) is 33.6. The fourth-order valence-corrected chi connectivity index (χ4v) is 10.1. The number of nitrogens with zero attached hydrogens (tertiary/aromatic N) is 2. The van der Waals surface area contributed by atoms with Crippen molar-refractivity contribution in [1.82, 2.24) is 0 Å². The number of para-hydroxylation sites is 2. The maximum absolute atomic E-state index is 15.0. The smallest absolute Gasteiger partial charge is 0.258 e. The van der Waals surface area contributed by atoms with Crippen molar-refractivity contribution in [2.45, 2.75) is 79.1 Å². The molecule has 1 aliphatic rings. The summed E-state index contributed by atoms with van der Waals surface area (Å²) in [5.41, 5.74) is 10.3. The van der Waals surface area contributed by atoms with Crippen molar-refractivity contribution in [2.24, 2.45) is 0 Å². The molecule has 8 aromatic carbocycles. The molecule has 72 heavy (non-hydrogen) atoms. The molecule has 8 bridgehead atoms. The van der Waals surface area contributed by atoms with Gasteiger partial charge in [-0.25, -0.2) is 0 Å². The molecule has 0 radical (unpaired) electrons. The van der Waals surface area contributed by atoms with Crippen LogP contribution in [-0.4, -0.2) is 52.3 Å². The van der Waals surface area contributed by atoms with Gasteiger partial charge in [0.05, 0.1) is 37.8 Å². The van der Waals surface area contributed by atoms with Crippen LogP contribution in [0.3, 0.4) is 0 Å². The monoisotopic (exact) mass is 958 g/mol. The molecule has 368 valence electrons. The van der Waals surface area contributed by atoms with E-state index in [0.29, 0.717) is 63.2 Å². The van der Waals surface area contributed by atoms with Crippen LogP contribution in [0.25, 0.3) is 21.5 Å². The normalized spacial score (nSPS) is 12.1. The van der Waals surface area contributed by atoms with Gasteiger partial charge in [0.15, 0.2) is 0 Å². The highest BCUT2D eigenvalue weighted by Gasteiger charge is 2.27. The lowest BCUT2D eigenvalue weighted by Crippen LogP contribution is -2.27. The number of hydrogen-bond acceptors (Lipinski definition) is 6. The number of hydrogen-bond donors (Lipinski definition) is 0. The molecular weight excluding hydrogens is 893 g/mol. The molecule has 8 aromatic rings. The maximum Gasteiger partial charge on any atom is 0.258 e. The molecule has 2 amide bonds. The van der Waals surface area contributed by atoms with E-state index >= 15 is 9.59 Å². The third-order valence-corrected chi connectivity index (χ3v) is 13.5. The third-order valence-electron chi connectivity index (χ3n) is 13.5. The zero-order valence-corrected chi connectivity index (χ0v) is 42.7. The van der Waals surface area contributed by atoms with E-state index in [2.05, 4.69) is 100 Å². The van der Waals surface area contributed by atoms with Crippen LogP contribution in [-0.2, 0) is 25.7 Å². The van der Waals surface area contributed by atoms with Gasteiger partial charge in [-0.3, -0.25) is 9.59 Å². The van der Waals surface area contributed by atoms with Gasteiger partial charge in [-0.05, 0) is 117 Å². The van der Waals surface area contributed by atoms with Gasteiger partial charge >= 0.3 is 0 Å². The first-order valence-corrected chi connectivity index (χ1v) is 25.8. The molecule has 8 heteroatoms. The van der Waals surface area contributed by atoms with Gasteiger partial charge in [-0.1, -0.05) is 137 Å². The molecule has 0 atom stereocenters. The molecule has 0 saturated carbocycles. The van der Waals surface area contributed by atoms with Crippen LogP contribution in [0.2, 0.25) is 0 Å². The maximum atomic E-state index is 15.0. The summed E-state index contributed by atoms with van der Waals surface area (Å²) in [6.45, 7) is 10.5. The molecule has 0 aliphatic heterocycles. The second kappa shape index (κ2) is 22.7. The minimum Gasteiger partial charge on any atom is -0.493 e. The Kier molecular flexibility index (Phi) is 15.5. The molecule has 9 rings (SSSR count). The molecule has 0 aromatic heterocycles. The Labute approximate surface area is 425 Å². The fourth-order valence-electron chi connectivity index (χ4n) is 10.1. The fraction of sp³-hybridized carbons (Fsp3) is 0.281. The van der Waals surface area contributed by atoms with E-state index in [9.17, 15) is 0 Å². The summed E-state index contributed by atoms with van der Waals surface area (Å²) in [6, 6.07) is 49.3. The van der Waals surface area contributed by atoms with Crippen molar-refractivity contribution in [1.29, 1.82) is 0 Å². The number of carbonyl (C=O) groups excluding carboxylic acids is 2. The summed E-state index contributed by atoms with van der Waals surface area (Å²) in [5.74, 6) is 2.87. The van der Waals surface area contributed by atoms with Crippen molar-refractivity contribution >= 4 is 44.7 Å². The Morgan fingerprint density at radius 2 is 0.653 bits per heavy atom. The van der Waals surface area contributed by atoms with Crippen LogP contribution in [0, 0.1) is 0 Å². The molecule has 0 spiro atoms. The van der Waals surface area contributed by atoms with Crippen LogP contribution in [0.15, 0.2) is 146 Å². The Morgan fingerprint density at radius 1 is 0.375 bits per heavy atom. The Bertz CT molecular complexity index is 2930. The average molecular weight is 959 g/mol. The lowest BCUT2D eigenvalue weighted by Gasteiger charge is -2.25. The van der Waals surface area contributed by atoms with Crippen LogP contribution in [0.5, 0.6) is 23.0 Å². The lowest BCUT2D eigenvalue weighted by molar-refractivity contribution is 0.0985. The molecule has 0 saturated heterocycles. The molecular formula is C64H66N2O6. The number of fused-ring (bicyclic) bond motifs is 10. The SMILES string of the molecule is CCCOc1c2cccc1Cc1cc(C(=O)N(C)c3cccc4ccccc34)cc(c1OCCC)Cc1cccc(c1OCCC)Cc1cc(C(=O)N(C)c3cccc4ccccc34)cc(c1OCCC)C2. The Hall–Kier alpha value is -7.58. The van der Waals surface area contributed by atoms with Gasteiger partial charge in [0, 0.05) is 61.7 Å². The van der Waals surface area contributed by atoms with Crippen LogP contribution in [0.1, 0.15) is 119 Å². The minimum absolute atomic E-state index is 0.118. The lowest BCUT2D eigenvalue weighted by atomic mass is 9.89. The second-order valence-electron chi connectivity index (χ2n) is 18.9. The van der Waals surface area contributed by atoms with Gasteiger partial charge in [-0.15, -0.1) is 0 Å². The molecule has 1 aliphatic carbocycles. The highest BCUT2D eigenvalue weighted by Crippen LogP contribution is 2.41. The number of ether oxygens (including phenoxy) is 4. The Morgan fingerprint density at radius 3 is 0.972 bits per heavy atom. The number of rotatable bonds is 16. The summed E-state index contributed by atoms with van der Waals surface area (Å²) in [7, 11) is 3.72. The van der Waals surface area contributed by atoms with Gasteiger partial charge in [0.25, 0.3) is 11.8 Å². The largest absolute Gasteiger partial charge is 0.493 e. The zero-order valence-electron chi connectivity index (χ0n) is 42.7. The Balaban J connectivity index is 1.26. The van der Waals surface area contributed by atoms with E-state index in [1.165, 1.54) is 0 Å². The van der Waals surface area contributed by atoms with Crippen molar-refractivity contribution in [3.63, 3.8) is 0 Å². The van der Waals surface area contributed by atoms with Gasteiger partial charge in [0.1, 0.15) is 23.0 Å². The van der Waals surface area contributed by atoms with E-state index in [4.69, 9.17) is 18.9 Å². The van der Waals surface area contributed by atoms with Crippen molar-refractivity contribution in [3.8, 4) is 23.0 Å². The van der Waals surface area contributed by atoms with Gasteiger partial charge in [-0.2, -0.15) is 0 Å². The zero-order chi connectivity index (χ0) is 50.1.